The minimum absolute atomic E-state index is 0.106. The van der Waals surface area contributed by atoms with Gasteiger partial charge in [0.05, 0.1) is 6.61 Å². The summed E-state index contributed by atoms with van der Waals surface area (Å²) in [6.07, 6.45) is -0.579. The predicted octanol–water partition coefficient (Wildman–Crippen LogP) is 1.82. The van der Waals surface area contributed by atoms with Crippen LogP contribution in [0.1, 0.15) is 23.5 Å². The van der Waals surface area contributed by atoms with Crippen LogP contribution in [-0.2, 0) is 19.1 Å². The molecule has 0 spiro atoms. The Bertz CT molecular complexity index is 1030. The number of carbonyl (C=O) groups excluding carboxylic acids is 2. The Morgan fingerprint density at radius 1 is 1.12 bits per heavy atom. The summed E-state index contributed by atoms with van der Waals surface area (Å²) < 4.78 is 10.8. The number of nitrogens with one attached hydrogen (secondary N) is 2. The van der Waals surface area contributed by atoms with Crippen molar-refractivity contribution in [3.8, 4) is 11.1 Å². The summed E-state index contributed by atoms with van der Waals surface area (Å²) >= 11 is 0. The molecule has 1 fully saturated rings. The van der Waals surface area contributed by atoms with Crippen molar-refractivity contribution in [1.82, 2.24) is 15.5 Å². The molecule has 3 N–H and O–H groups in total. The van der Waals surface area contributed by atoms with Crippen molar-refractivity contribution in [3.05, 3.63) is 59.7 Å². The van der Waals surface area contributed by atoms with Crippen LogP contribution in [0, 0.1) is 0 Å². The maximum atomic E-state index is 12.9. The molecule has 0 aromatic heterocycles. The molecular formula is C25H29N3O6. The number of benzene rings is 2. The lowest BCUT2D eigenvalue weighted by Gasteiger charge is -2.28. The lowest BCUT2D eigenvalue weighted by atomic mass is 9.98. The third-order valence-electron chi connectivity index (χ3n) is 6.29. The number of carboxylic acid groups (broad SMARTS) is 1. The monoisotopic (exact) mass is 467 g/mol. The third kappa shape index (κ3) is 4.76. The Hall–Kier alpha value is -3.43. The van der Waals surface area contributed by atoms with Crippen LogP contribution in [0.2, 0.25) is 0 Å². The molecule has 2 atom stereocenters. The maximum absolute atomic E-state index is 12.9. The molecule has 2 unspecified atom stereocenters. The molecule has 2 aromatic carbocycles. The molecule has 1 heterocycles. The van der Waals surface area contributed by atoms with Gasteiger partial charge in [0.1, 0.15) is 12.6 Å². The number of fused-ring (bicyclic) bond motifs is 3. The highest BCUT2D eigenvalue weighted by Crippen LogP contribution is 2.44. The molecule has 1 aliphatic heterocycles. The van der Waals surface area contributed by atoms with Crippen LogP contribution >= 0.6 is 0 Å². The molecule has 9 heteroatoms. The highest BCUT2D eigenvalue weighted by molar-refractivity contribution is 5.91. The fourth-order valence-electron chi connectivity index (χ4n) is 4.55. The smallest absolute Gasteiger partial charge is 0.407 e. The zero-order chi connectivity index (χ0) is 24.3. The summed E-state index contributed by atoms with van der Waals surface area (Å²) in [7, 11) is 3.51. The van der Waals surface area contributed by atoms with Gasteiger partial charge in [0.25, 0.3) is 0 Å². The van der Waals surface area contributed by atoms with Gasteiger partial charge in [-0.05, 0) is 36.3 Å². The molecule has 2 amide bonds. The van der Waals surface area contributed by atoms with E-state index in [1.165, 1.54) is 0 Å². The van der Waals surface area contributed by atoms with Gasteiger partial charge in [-0.25, -0.2) is 9.59 Å². The van der Waals surface area contributed by atoms with E-state index in [-0.39, 0.29) is 38.7 Å². The van der Waals surface area contributed by atoms with Crippen molar-refractivity contribution < 1.29 is 29.0 Å². The number of nitrogens with zero attached hydrogens (tertiary/aromatic N) is 1. The summed E-state index contributed by atoms with van der Waals surface area (Å²) in [5.74, 6) is -1.87. The van der Waals surface area contributed by atoms with Crippen LogP contribution < -0.4 is 10.6 Å². The average molecular weight is 468 g/mol. The van der Waals surface area contributed by atoms with Gasteiger partial charge in [0, 0.05) is 25.5 Å². The number of hydrogen-bond donors (Lipinski definition) is 3. The van der Waals surface area contributed by atoms with Gasteiger partial charge < -0.3 is 30.1 Å². The lowest BCUT2D eigenvalue weighted by Crippen LogP contribution is -2.61. The normalized spacial score (nSPS) is 19.9. The third-order valence-corrected chi connectivity index (χ3v) is 6.29. The number of alkyl carbamates (subject to hydrolysis) is 1. The molecule has 180 valence electrons. The van der Waals surface area contributed by atoms with Gasteiger partial charge in [-0.2, -0.15) is 0 Å². The van der Waals surface area contributed by atoms with Crippen molar-refractivity contribution in [2.45, 2.75) is 23.9 Å². The molecule has 4 rings (SSSR count). The second kappa shape index (κ2) is 9.82. The van der Waals surface area contributed by atoms with Gasteiger partial charge in [0.2, 0.25) is 5.91 Å². The first-order valence-corrected chi connectivity index (χ1v) is 11.2. The van der Waals surface area contributed by atoms with Crippen molar-refractivity contribution >= 4 is 18.0 Å². The molecular weight excluding hydrogens is 438 g/mol. The molecule has 0 saturated carbocycles. The van der Waals surface area contributed by atoms with E-state index in [0.29, 0.717) is 0 Å². The predicted molar refractivity (Wildman–Crippen MR) is 124 cm³/mol. The number of ether oxygens (including phenoxy) is 2. The zero-order valence-electron chi connectivity index (χ0n) is 19.2. The van der Waals surface area contributed by atoms with Crippen molar-refractivity contribution in [2.24, 2.45) is 0 Å². The van der Waals surface area contributed by atoms with Gasteiger partial charge in [-0.15, -0.1) is 0 Å². The average Bonchev–Trinajstić information content (AvgIpc) is 3.41. The highest BCUT2D eigenvalue weighted by atomic mass is 16.5. The van der Waals surface area contributed by atoms with Crippen molar-refractivity contribution in [1.29, 1.82) is 0 Å². The van der Waals surface area contributed by atoms with Crippen LogP contribution in [-0.4, -0.2) is 80.0 Å². The number of carboxylic acids is 1. The molecule has 9 nitrogen and oxygen atoms in total. The molecule has 0 bridgehead atoms. The van der Waals surface area contributed by atoms with Crippen LogP contribution in [0.4, 0.5) is 4.79 Å². The molecule has 0 radical (unpaired) electrons. The largest absolute Gasteiger partial charge is 0.479 e. The molecule has 2 aromatic rings. The summed E-state index contributed by atoms with van der Waals surface area (Å²) in [6.45, 7) is 0.411. The van der Waals surface area contributed by atoms with E-state index in [1.807, 2.05) is 36.4 Å². The first kappa shape index (κ1) is 23.7. The van der Waals surface area contributed by atoms with Crippen LogP contribution in [0.5, 0.6) is 0 Å². The Morgan fingerprint density at radius 3 is 2.26 bits per heavy atom. The van der Waals surface area contributed by atoms with E-state index >= 15 is 0 Å². The highest BCUT2D eigenvalue weighted by Gasteiger charge is 2.45. The van der Waals surface area contributed by atoms with Crippen molar-refractivity contribution in [2.75, 3.05) is 40.5 Å². The number of likely N-dealkylation sites (N-methyl/N-ethyl adjacent to an activating group) is 1. The minimum atomic E-state index is -1.50. The van der Waals surface area contributed by atoms with Crippen LogP contribution in [0.25, 0.3) is 11.1 Å². The summed E-state index contributed by atoms with van der Waals surface area (Å²) in [6, 6.07) is 15.0. The molecule has 34 heavy (non-hydrogen) atoms. The second-order valence-electron chi connectivity index (χ2n) is 8.96. The number of rotatable bonds is 8. The molecule has 1 aliphatic carbocycles. The Kier molecular flexibility index (Phi) is 6.85. The van der Waals surface area contributed by atoms with E-state index in [2.05, 4.69) is 22.8 Å². The van der Waals surface area contributed by atoms with E-state index in [0.717, 1.165) is 22.3 Å². The Morgan fingerprint density at radius 2 is 1.74 bits per heavy atom. The minimum Gasteiger partial charge on any atom is -0.479 e. The number of hydrogen-bond acceptors (Lipinski definition) is 6. The molecule has 1 saturated heterocycles. The quantitative estimate of drug-likeness (QED) is 0.542. The van der Waals surface area contributed by atoms with Gasteiger partial charge in [-0.3, -0.25) is 4.79 Å². The number of amides is 2. The molecule has 2 aliphatic rings. The number of aliphatic carboxylic acids is 1. The Balaban J connectivity index is 1.43. The fraction of sp³-hybridized carbons (Fsp3) is 0.400. The van der Waals surface area contributed by atoms with E-state index in [9.17, 15) is 19.5 Å². The number of carbonyl (C=O) groups is 3. The summed E-state index contributed by atoms with van der Waals surface area (Å²) in [5, 5.41) is 14.8. The van der Waals surface area contributed by atoms with Crippen LogP contribution in [0.15, 0.2) is 48.5 Å². The fourth-order valence-corrected chi connectivity index (χ4v) is 4.55. The van der Waals surface area contributed by atoms with Gasteiger partial charge in [-0.1, -0.05) is 48.5 Å². The topological polar surface area (TPSA) is 117 Å². The standard InChI is InChI=1S/C25H29N3O6/c1-28(2)13-21(22(29)27-25(23(30)31)11-12-33-15-25)26-24(32)34-14-20-18-9-5-3-7-16(18)17-8-4-6-10-19(17)20/h3-10,20-21H,11-15H2,1-2H3,(H,26,32)(H,27,29)(H,30,31). The van der Waals surface area contributed by atoms with E-state index in [1.54, 1.807) is 19.0 Å². The Labute approximate surface area is 198 Å². The van der Waals surface area contributed by atoms with Gasteiger partial charge in [0.15, 0.2) is 5.54 Å². The van der Waals surface area contributed by atoms with Crippen LogP contribution in [0.3, 0.4) is 0 Å². The van der Waals surface area contributed by atoms with E-state index < -0.39 is 29.6 Å². The summed E-state index contributed by atoms with van der Waals surface area (Å²) in [4.78, 5) is 39.1. The lowest BCUT2D eigenvalue weighted by molar-refractivity contribution is -0.148. The second-order valence-corrected chi connectivity index (χ2v) is 8.96. The van der Waals surface area contributed by atoms with Crippen molar-refractivity contribution in [3.63, 3.8) is 0 Å². The first-order chi connectivity index (χ1) is 16.3. The maximum Gasteiger partial charge on any atom is 0.407 e. The SMILES string of the molecule is CN(C)CC(NC(=O)OCC1c2ccccc2-c2ccccc21)C(=O)NC1(C(=O)O)CCOC1. The van der Waals surface area contributed by atoms with Gasteiger partial charge >= 0.3 is 12.1 Å². The summed E-state index contributed by atoms with van der Waals surface area (Å²) in [5.41, 5.74) is 2.92. The van der Waals surface area contributed by atoms with E-state index in [4.69, 9.17) is 9.47 Å². The first-order valence-electron chi connectivity index (χ1n) is 11.2. The zero-order valence-corrected chi connectivity index (χ0v) is 19.2.